The van der Waals surface area contributed by atoms with Crippen molar-refractivity contribution in [1.82, 2.24) is 10.2 Å². The first-order valence-corrected chi connectivity index (χ1v) is 4.11. The Morgan fingerprint density at radius 2 is 2.23 bits per heavy atom. The van der Waals surface area contributed by atoms with E-state index in [0.717, 1.165) is 4.90 Å². The van der Waals surface area contributed by atoms with Crippen LogP contribution in [0.1, 0.15) is 20.3 Å². The number of carbonyl (C=O) groups is 3. The number of likely N-dealkylation sites (tertiary alicyclic amines) is 1. The molecular weight excluding hydrogens is 172 g/mol. The molecule has 5 heteroatoms. The molecule has 1 atom stereocenters. The summed E-state index contributed by atoms with van der Waals surface area (Å²) in [4.78, 5) is 34.1. The molecule has 0 aromatic heterocycles. The Morgan fingerprint density at radius 3 is 2.62 bits per heavy atom. The van der Waals surface area contributed by atoms with E-state index >= 15 is 0 Å². The molecule has 1 aliphatic heterocycles. The average Bonchev–Trinajstić information content (AvgIpc) is 2.24. The molecule has 0 aromatic rings. The number of imide groups is 1. The van der Waals surface area contributed by atoms with Gasteiger partial charge in [0.05, 0.1) is 0 Å². The van der Waals surface area contributed by atoms with Crippen molar-refractivity contribution in [3.63, 3.8) is 0 Å². The van der Waals surface area contributed by atoms with Gasteiger partial charge in [0.1, 0.15) is 6.67 Å². The molecule has 0 aliphatic carbocycles. The molecule has 0 saturated carbocycles. The summed E-state index contributed by atoms with van der Waals surface area (Å²) in [6, 6.07) is 0. The lowest BCUT2D eigenvalue weighted by Gasteiger charge is -2.13. The molecule has 0 aromatic carbocycles. The second-order valence-corrected chi connectivity index (χ2v) is 3.16. The third-order valence-corrected chi connectivity index (χ3v) is 1.96. The van der Waals surface area contributed by atoms with Crippen LogP contribution in [-0.2, 0) is 14.4 Å². The molecular formula is C8H12N2O3. The first-order valence-electron chi connectivity index (χ1n) is 4.11. The van der Waals surface area contributed by atoms with E-state index < -0.39 is 0 Å². The number of nitrogens with zero attached hydrogens (tertiary/aromatic N) is 1. The molecule has 72 valence electrons. The quantitative estimate of drug-likeness (QED) is 0.587. The van der Waals surface area contributed by atoms with Crippen molar-refractivity contribution >= 4 is 17.7 Å². The number of hydrogen-bond donors (Lipinski definition) is 1. The zero-order valence-corrected chi connectivity index (χ0v) is 7.66. The van der Waals surface area contributed by atoms with E-state index in [9.17, 15) is 14.4 Å². The lowest BCUT2D eigenvalue weighted by Crippen LogP contribution is -2.40. The van der Waals surface area contributed by atoms with Crippen molar-refractivity contribution in [2.45, 2.75) is 20.3 Å². The maximum atomic E-state index is 11.3. The second kappa shape index (κ2) is 3.55. The van der Waals surface area contributed by atoms with Crippen molar-refractivity contribution in [2.75, 3.05) is 6.67 Å². The summed E-state index contributed by atoms with van der Waals surface area (Å²) in [5, 5.41) is 2.41. The number of hydrogen-bond acceptors (Lipinski definition) is 3. The smallest absolute Gasteiger partial charge is 0.234 e. The highest BCUT2D eigenvalue weighted by molar-refractivity contribution is 6.03. The Morgan fingerprint density at radius 1 is 1.62 bits per heavy atom. The molecule has 1 aliphatic rings. The molecule has 1 saturated heterocycles. The van der Waals surface area contributed by atoms with Crippen molar-refractivity contribution in [3.8, 4) is 0 Å². The average molecular weight is 184 g/mol. The first-order chi connectivity index (χ1) is 6.02. The van der Waals surface area contributed by atoms with Crippen LogP contribution in [0.4, 0.5) is 0 Å². The van der Waals surface area contributed by atoms with Gasteiger partial charge in [0.25, 0.3) is 0 Å². The van der Waals surface area contributed by atoms with E-state index in [-0.39, 0.29) is 36.7 Å². The van der Waals surface area contributed by atoms with Gasteiger partial charge in [-0.25, -0.2) is 0 Å². The van der Waals surface area contributed by atoms with Crippen molar-refractivity contribution in [1.29, 1.82) is 0 Å². The summed E-state index contributed by atoms with van der Waals surface area (Å²) in [7, 11) is 0. The summed E-state index contributed by atoms with van der Waals surface area (Å²) in [5.74, 6) is -0.925. The normalized spacial score (nSPS) is 22.3. The van der Waals surface area contributed by atoms with Crippen molar-refractivity contribution in [3.05, 3.63) is 0 Å². The molecule has 5 nitrogen and oxygen atoms in total. The highest BCUT2D eigenvalue weighted by Crippen LogP contribution is 2.17. The predicted octanol–water partition coefficient (Wildman–Crippen LogP) is -0.525. The molecule has 0 radical (unpaired) electrons. The highest BCUT2D eigenvalue weighted by Gasteiger charge is 2.35. The van der Waals surface area contributed by atoms with Gasteiger partial charge in [-0.15, -0.1) is 0 Å². The highest BCUT2D eigenvalue weighted by atomic mass is 16.2. The SMILES string of the molecule is CC(=O)NCN1C(=O)CC(C)C1=O. The van der Waals surface area contributed by atoms with Gasteiger partial charge in [-0.05, 0) is 0 Å². The van der Waals surface area contributed by atoms with Gasteiger partial charge in [-0.3, -0.25) is 19.3 Å². The predicted molar refractivity (Wildman–Crippen MR) is 44.3 cm³/mol. The molecule has 1 heterocycles. The van der Waals surface area contributed by atoms with Crippen LogP contribution in [0.25, 0.3) is 0 Å². The van der Waals surface area contributed by atoms with Crippen LogP contribution in [0.2, 0.25) is 0 Å². The fourth-order valence-electron chi connectivity index (χ4n) is 1.20. The first kappa shape index (κ1) is 9.70. The van der Waals surface area contributed by atoms with Crippen LogP contribution in [0.15, 0.2) is 0 Å². The number of carbonyl (C=O) groups excluding carboxylic acids is 3. The van der Waals surface area contributed by atoms with E-state index in [4.69, 9.17) is 0 Å². The summed E-state index contributed by atoms with van der Waals surface area (Å²) < 4.78 is 0. The zero-order valence-electron chi connectivity index (χ0n) is 7.66. The Labute approximate surface area is 76.1 Å². The van der Waals surface area contributed by atoms with Crippen LogP contribution in [0.5, 0.6) is 0 Å². The molecule has 1 unspecified atom stereocenters. The van der Waals surface area contributed by atoms with E-state index in [0.29, 0.717) is 0 Å². The molecule has 1 rings (SSSR count). The van der Waals surface area contributed by atoms with Crippen molar-refractivity contribution in [2.24, 2.45) is 5.92 Å². The minimum Gasteiger partial charge on any atom is -0.338 e. The lowest BCUT2D eigenvalue weighted by molar-refractivity contribution is -0.140. The maximum absolute atomic E-state index is 11.3. The summed E-state index contributed by atoms with van der Waals surface area (Å²) >= 11 is 0. The lowest BCUT2D eigenvalue weighted by atomic mass is 10.1. The maximum Gasteiger partial charge on any atom is 0.234 e. The largest absolute Gasteiger partial charge is 0.338 e. The standard InChI is InChI=1S/C8H12N2O3/c1-5-3-7(12)10(8(5)13)4-9-6(2)11/h5H,3-4H2,1-2H3,(H,9,11). The zero-order chi connectivity index (χ0) is 10.0. The molecule has 1 fully saturated rings. The van der Waals surface area contributed by atoms with Gasteiger partial charge in [0.2, 0.25) is 17.7 Å². The monoisotopic (exact) mass is 184 g/mol. The summed E-state index contributed by atoms with van der Waals surface area (Å²) in [6.45, 7) is 3.04. The van der Waals surface area contributed by atoms with Crippen LogP contribution >= 0.6 is 0 Å². The Balaban J connectivity index is 2.54. The molecule has 1 N–H and O–H groups in total. The summed E-state index contributed by atoms with van der Waals surface area (Å²) in [6.07, 6.45) is 0.248. The van der Waals surface area contributed by atoms with Gasteiger partial charge in [-0.2, -0.15) is 0 Å². The van der Waals surface area contributed by atoms with Gasteiger partial charge >= 0.3 is 0 Å². The van der Waals surface area contributed by atoms with E-state index in [1.807, 2.05) is 0 Å². The van der Waals surface area contributed by atoms with Gasteiger partial charge in [-0.1, -0.05) is 6.92 Å². The van der Waals surface area contributed by atoms with Crippen LogP contribution in [0, 0.1) is 5.92 Å². The number of nitrogens with one attached hydrogen (secondary N) is 1. The molecule has 3 amide bonds. The Kier molecular flexibility index (Phi) is 2.65. The minimum absolute atomic E-state index is 0.00264. The molecule has 13 heavy (non-hydrogen) atoms. The third kappa shape index (κ3) is 2.05. The topological polar surface area (TPSA) is 66.5 Å². The number of rotatable bonds is 2. The van der Waals surface area contributed by atoms with E-state index in [2.05, 4.69) is 5.32 Å². The fraction of sp³-hybridized carbons (Fsp3) is 0.625. The molecule has 0 bridgehead atoms. The second-order valence-electron chi connectivity index (χ2n) is 3.16. The van der Waals surface area contributed by atoms with Crippen LogP contribution < -0.4 is 5.32 Å². The summed E-state index contributed by atoms with van der Waals surface area (Å²) in [5.41, 5.74) is 0. The fourth-order valence-corrected chi connectivity index (χ4v) is 1.20. The van der Waals surface area contributed by atoms with Gasteiger partial charge in [0.15, 0.2) is 0 Å². The minimum atomic E-state index is -0.250. The van der Waals surface area contributed by atoms with Crippen LogP contribution in [-0.4, -0.2) is 29.3 Å². The van der Waals surface area contributed by atoms with E-state index in [1.54, 1.807) is 6.92 Å². The Bertz CT molecular complexity index is 262. The van der Waals surface area contributed by atoms with Crippen LogP contribution in [0.3, 0.4) is 0 Å². The molecule has 0 spiro atoms. The van der Waals surface area contributed by atoms with Gasteiger partial charge < -0.3 is 5.32 Å². The van der Waals surface area contributed by atoms with E-state index in [1.165, 1.54) is 6.92 Å². The Hall–Kier alpha value is -1.39. The van der Waals surface area contributed by atoms with Gasteiger partial charge in [0, 0.05) is 19.3 Å². The van der Waals surface area contributed by atoms with Crippen molar-refractivity contribution < 1.29 is 14.4 Å². The third-order valence-electron chi connectivity index (χ3n) is 1.96. The number of amides is 3.